The molecule has 2 amide bonds. The van der Waals surface area contributed by atoms with Gasteiger partial charge < -0.3 is 29.1 Å². The lowest BCUT2D eigenvalue weighted by Gasteiger charge is -2.37. The van der Waals surface area contributed by atoms with E-state index in [0.717, 1.165) is 13.1 Å². The molecule has 36 heavy (non-hydrogen) atoms. The van der Waals surface area contributed by atoms with Gasteiger partial charge in [-0.25, -0.2) is 0 Å². The zero-order valence-electron chi connectivity index (χ0n) is 20.6. The number of fused-ring (bicyclic) bond motifs is 1. The van der Waals surface area contributed by atoms with Crippen LogP contribution in [-0.2, 0) is 28.6 Å². The SMILES string of the molecule is C=CCCOC(=O)[C@H]1[C@H]2C(=O)N(CCO)C(C(=O)N(CC=C)CCN3CCOCC3)C23CC(Br)[C@@H]1O3. The van der Waals surface area contributed by atoms with Gasteiger partial charge >= 0.3 is 5.97 Å². The maximum Gasteiger partial charge on any atom is 0.312 e. The molecule has 4 aliphatic heterocycles. The van der Waals surface area contributed by atoms with Crippen LogP contribution < -0.4 is 0 Å². The Labute approximate surface area is 220 Å². The first kappa shape index (κ1) is 27.3. The Balaban J connectivity index is 1.60. The zero-order chi connectivity index (χ0) is 25.9. The molecule has 2 bridgehead atoms. The Morgan fingerprint density at radius 1 is 1.25 bits per heavy atom. The van der Waals surface area contributed by atoms with Crippen LogP contribution in [0.15, 0.2) is 25.3 Å². The van der Waals surface area contributed by atoms with Crippen molar-refractivity contribution in [2.75, 3.05) is 65.7 Å². The fraction of sp³-hybridized carbons (Fsp3) is 0.720. The summed E-state index contributed by atoms with van der Waals surface area (Å²) in [6.45, 7) is 11.7. The Bertz CT molecular complexity index is 867. The van der Waals surface area contributed by atoms with Gasteiger partial charge in [0.25, 0.3) is 0 Å². The number of likely N-dealkylation sites (tertiary alicyclic amines) is 1. The zero-order valence-corrected chi connectivity index (χ0v) is 22.1. The third-order valence-corrected chi connectivity index (χ3v) is 8.50. The molecule has 0 aliphatic carbocycles. The third kappa shape index (κ3) is 4.88. The first-order valence-corrected chi connectivity index (χ1v) is 13.5. The molecule has 0 aromatic rings. The molecule has 6 atom stereocenters. The number of carbonyl (C=O) groups is 3. The number of morpholine rings is 1. The average molecular weight is 570 g/mol. The molecular formula is C25H36BrN3O7. The molecule has 1 spiro atoms. The molecule has 11 heteroatoms. The van der Waals surface area contributed by atoms with Crippen molar-refractivity contribution < 1.29 is 33.7 Å². The molecule has 4 saturated heterocycles. The highest BCUT2D eigenvalue weighted by molar-refractivity contribution is 9.09. The number of amides is 2. The molecule has 4 fully saturated rings. The van der Waals surface area contributed by atoms with Gasteiger partial charge in [-0.3, -0.25) is 19.3 Å². The molecular weight excluding hydrogens is 534 g/mol. The van der Waals surface area contributed by atoms with Gasteiger partial charge in [-0.2, -0.15) is 0 Å². The molecule has 0 radical (unpaired) electrons. The highest BCUT2D eigenvalue weighted by Gasteiger charge is 2.77. The summed E-state index contributed by atoms with van der Waals surface area (Å²) in [5.41, 5.74) is -1.16. The van der Waals surface area contributed by atoms with Gasteiger partial charge in [0.2, 0.25) is 11.8 Å². The van der Waals surface area contributed by atoms with Crippen LogP contribution in [-0.4, -0.2) is 126 Å². The van der Waals surface area contributed by atoms with Crippen molar-refractivity contribution in [3.05, 3.63) is 25.3 Å². The number of ether oxygens (including phenoxy) is 3. The highest BCUT2D eigenvalue weighted by Crippen LogP contribution is 2.60. The Hall–Kier alpha value is -1.79. The van der Waals surface area contributed by atoms with Crippen LogP contribution >= 0.6 is 15.9 Å². The number of nitrogens with zero attached hydrogens (tertiary/aromatic N) is 3. The Kier molecular flexibility index (Phi) is 8.87. The Morgan fingerprint density at radius 3 is 2.67 bits per heavy atom. The molecule has 4 heterocycles. The van der Waals surface area contributed by atoms with E-state index in [-0.39, 0.29) is 36.4 Å². The quantitative estimate of drug-likeness (QED) is 0.153. The maximum absolute atomic E-state index is 14.1. The second-order valence-electron chi connectivity index (χ2n) is 9.69. The van der Waals surface area contributed by atoms with E-state index in [1.807, 2.05) is 0 Å². The summed E-state index contributed by atoms with van der Waals surface area (Å²) < 4.78 is 17.3. The van der Waals surface area contributed by atoms with Crippen molar-refractivity contribution in [3.8, 4) is 0 Å². The molecule has 0 aromatic heterocycles. The number of rotatable bonds is 12. The standard InChI is InChI=1S/C25H36BrN3O7/c1-3-5-13-35-24(33)18-19-22(31)29(9-12-30)21(25(19)16-17(26)20(18)36-25)23(32)28(6-4-2)8-7-27-10-14-34-15-11-27/h3-4,17-21,30H,1-2,5-16H2/t17?,18-,19-,20-,21?,25?/m0/s1. The molecule has 0 aromatic carbocycles. The summed E-state index contributed by atoms with van der Waals surface area (Å²) in [6, 6.07) is -0.942. The third-order valence-electron chi connectivity index (χ3n) is 7.65. The lowest BCUT2D eigenvalue weighted by atomic mass is 9.70. The number of aliphatic hydroxyl groups excluding tert-OH is 1. The average Bonchev–Trinajstić information content (AvgIpc) is 3.46. The van der Waals surface area contributed by atoms with Crippen molar-refractivity contribution in [2.24, 2.45) is 11.8 Å². The number of alkyl halides is 1. The van der Waals surface area contributed by atoms with Crippen LogP contribution in [0.1, 0.15) is 12.8 Å². The van der Waals surface area contributed by atoms with E-state index in [9.17, 15) is 19.5 Å². The molecule has 3 unspecified atom stereocenters. The number of hydrogen-bond acceptors (Lipinski definition) is 8. The molecule has 1 N–H and O–H groups in total. The number of hydrogen-bond donors (Lipinski definition) is 1. The second-order valence-corrected chi connectivity index (χ2v) is 10.9. The normalized spacial score (nSPS) is 33.4. The summed E-state index contributed by atoms with van der Waals surface area (Å²) in [5.74, 6) is -2.76. The van der Waals surface area contributed by atoms with E-state index in [1.54, 1.807) is 17.1 Å². The molecule has 0 saturated carbocycles. The largest absolute Gasteiger partial charge is 0.465 e. The topological polar surface area (TPSA) is 109 Å². The van der Waals surface area contributed by atoms with Crippen molar-refractivity contribution in [1.29, 1.82) is 0 Å². The van der Waals surface area contributed by atoms with Crippen LogP contribution in [0.5, 0.6) is 0 Å². The van der Waals surface area contributed by atoms with Crippen LogP contribution in [0, 0.1) is 11.8 Å². The minimum atomic E-state index is -1.16. The fourth-order valence-corrected chi connectivity index (χ4v) is 7.02. The van der Waals surface area contributed by atoms with Gasteiger partial charge in [0.05, 0.1) is 44.4 Å². The lowest BCUT2D eigenvalue weighted by Crippen LogP contribution is -2.58. The van der Waals surface area contributed by atoms with Crippen molar-refractivity contribution in [1.82, 2.24) is 14.7 Å². The highest BCUT2D eigenvalue weighted by atomic mass is 79.9. The minimum absolute atomic E-state index is 0.0158. The van der Waals surface area contributed by atoms with Crippen molar-refractivity contribution >= 4 is 33.7 Å². The first-order chi connectivity index (χ1) is 17.4. The summed E-state index contributed by atoms with van der Waals surface area (Å²) in [5, 5.41) is 9.76. The minimum Gasteiger partial charge on any atom is -0.465 e. The fourth-order valence-electron chi connectivity index (χ4n) is 6.07. The predicted octanol–water partition coefficient (Wildman–Crippen LogP) is 0.193. The predicted molar refractivity (Wildman–Crippen MR) is 134 cm³/mol. The molecule has 4 rings (SSSR count). The molecule has 200 valence electrons. The summed E-state index contributed by atoms with van der Waals surface area (Å²) in [6.07, 6.45) is 3.67. The number of aliphatic hydroxyl groups is 1. The smallest absolute Gasteiger partial charge is 0.312 e. The van der Waals surface area contributed by atoms with Gasteiger partial charge in [0.15, 0.2) is 0 Å². The summed E-state index contributed by atoms with van der Waals surface area (Å²) in [4.78, 5) is 46.0. The molecule has 4 aliphatic rings. The first-order valence-electron chi connectivity index (χ1n) is 12.6. The summed E-state index contributed by atoms with van der Waals surface area (Å²) >= 11 is 3.64. The van der Waals surface area contributed by atoms with E-state index in [0.29, 0.717) is 45.7 Å². The maximum atomic E-state index is 14.1. The lowest BCUT2D eigenvalue weighted by molar-refractivity contribution is -0.155. The second kappa shape index (κ2) is 11.7. The van der Waals surface area contributed by atoms with E-state index < -0.39 is 35.6 Å². The number of esters is 1. The van der Waals surface area contributed by atoms with Gasteiger partial charge in [-0.05, 0) is 12.8 Å². The Morgan fingerprint density at radius 2 is 2.00 bits per heavy atom. The van der Waals surface area contributed by atoms with Gasteiger partial charge in [-0.15, -0.1) is 13.2 Å². The number of β-amino-alcohol motifs (C(OH)–C–C–N with tert-alkyl or cyclic N) is 1. The van der Waals surface area contributed by atoms with Crippen molar-refractivity contribution in [2.45, 2.75) is 35.4 Å². The van der Waals surface area contributed by atoms with Gasteiger partial charge in [0, 0.05) is 44.1 Å². The monoisotopic (exact) mass is 569 g/mol. The van der Waals surface area contributed by atoms with Crippen LogP contribution in [0.2, 0.25) is 0 Å². The number of halogens is 1. The van der Waals surface area contributed by atoms with Gasteiger partial charge in [0.1, 0.15) is 11.6 Å². The van der Waals surface area contributed by atoms with Gasteiger partial charge in [-0.1, -0.05) is 28.1 Å². The van der Waals surface area contributed by atoms with Crippen molar-refractivity contribution in [3.63, 3.8) is 0 Å². The van der Waals surface area contributed by atoms with Crippen LogP contribution in [0.3, 0.4) is 0 Å². The van der Waals surface area contributed by atoms with E-state index in [4.69, 9.17) is 14.2 Å². The number of carbonyl (C=O) groups excluding carboxylic acids is 3. The summed E-state index contributed by atoms with van der Waals surface area (Å²) in [7, 11) is 0. The van der Waals surface area contributed by atoms with E-state index in [2.05, 4.69) is 34.0 Å². The molecule has 10 nitrogen and oxygen atoms in total. The van der Waals surface area contributed by atoms with E-state index >= 15 is 0 Å². The van der Waals surface area contributed by atoms with Crippen LogP contribution in [0.25, 0.3) is 0 Å². The van der Waals surface area contributed by atoms with Crippen LogP contribution in [0.4, 0.5) is 0 Å². The van der Waals surface area contributed by atoms with E-state index in [1.165, 1.54) is 4.90 Å².